The Hall–Kier alpha value is -3.91. The van der Waals surface area contributed by atoms with E-state index in [1.807, 2.05) is 55.6 Å². The number of hydrogen-bond donors (Lipinski definition) is 2. The first-order valence-electron chi connectivity index (χ1n) is 10.4. The maximum atomic E-state index is 13.8. The lowest BCUT2D eigenvalue weighted by atomic mass is 10.1. The van der Waals surface area contributed by atoms with Gasteiger partial charge in [0.25, 0.3) is 0 Å². The summed E-state index contributed by atoms with van der Waals surface area (Å²) in [4.78, 5) is 17.1. The van der Waals surface area contributed by atoms with E-state index in [0.29, 0.717) is 25.1 Å². The number of nitrogens with zero attached hydrogens (tertiary/aromatic N) is 5. The second kappa shape index (κ2) is 8.68. The summed E-state index contributed by atoms with van der Waals surface area (Å²) in [5, 5.41) is 7.59. The van der Waals surface area contributed by atoms with Crippen molar-refractivity contribution < 1.29 is 4.39 Å². The molecule has 160 valence electrons. The lowest BCUT2D eigenvalue weighted by molar-refractivity contribution is 0.595. The molecule has 0 fully saturated rings. The van der Waals surface area contributed by atoms with Crippen LogP contribution in [0.25, 0.3) is 28.3 Å². The minimum Gasteiger partial charge on any atom is -0.340 e. The van der Waals surface area contributed by atoms with Crippen molar-refractivity contribution in [3.8, 4) is 22.6 Å². The van der Waals surface area contributed by atoms with Crippen LogP contribution in [0.15, 0.2) is 67.1 Å². The third-order valence-corrected chi connectivity index (χ3v) is 5.27. The lowest BCUT2D eigenvalue weighted by Crippen LogP contribution is -2.18. The molecular formula is C24H22FN7. The summed E-state index contributed by atoms with van der Waals surface area (Å²) in [5.41, 5.74) is 5.78. The van der Waals surface area contributed by atoms with Gasteiger partial charge >= 0.3 is 0 Å². The number of H-pyrrole nitrogens is 1. The lowest BCUT2D eigenvalue weighted by Gasteiger charge is -2.04. The Balaban J connectivity index is 1.41. The predicted molar refractivity (Wildman–Crippen MR) is 120 cm³/mol. The number of fused-ring (bicyclic) bond motifs is 1. The zero-order valence-electron chi connectivity index (χ0n) is 17.6. The summed E-state index contributed by atoms with van der Waals surface area (Å²) in [6, 6.07) is 16.7. The Morgan fingerprint density at radius 3 is 2.81 bits per heavy atom. The Morgan fingerprint density at radius 1 is 1.03 bits per heavy atom. The van der Waals surface area contributed by atoms with E-state index >= 15 is 0 Å². The number of nitrogens with one attached hydrogen (secondary N) is 2. The third kappa shape index (κ3) is 4.13. The molecule has 4 aromatic heterocycles. The van der Waals surface area contributed by atoms with Gasteiger partial charge in [-0.15, -0.1) is 0 Å². The molecule has 8 heteroatoms. The molecule has 0 bridgehead atoms. The molecule has 0 amide bonds. The summed E-state index contributed by atoms with van der Waals surface area (Å²) < 4.78 is 15.6. The van der Waals surface area contributed by atoms with Crippen molar-refractivity contribution in [2.75, 3.05) is 6.54 Å². The van der Waals surface area contributed by atoms with Crippen LogP contribution in [0, 0.1) is 12.7 Å². The van der Waals surface area contributed by atoms with E-state index in [2.05, 4.69) is 25.4 Å². The minimum absolute atomic E-state index is 0.175. The molecular weight excluding hydrogens is 405 g/mol. The number of aryl methyl sites for hydroxylation is 1. The van der Waals surface area contributed by atoms with Gasteiger partial charge in [0.05, 0.1) is 17.9 Å². The SMILES string of the molecule is Cc1cccc(-c2nc(CNCCc3ccccc3F)[nH]c2-c2ccc3ncnn3c2)n1. The van der Waals surface area contributed by atoms with Crippen molar-refractivity contribution in [1.82, 2.24) is 34.9 Å². The summed E-state index contributed by atoms with van der Waals surface area (Å²) >= 11 is 0. The first-order valence-corrected chi connectivity index (χ1v) is 10.4. The summed E-state index contributed by atoms with van der Waals surface area (Å²) in [6.07, 6.45) is 4.06. The number of benzene rings is 1. The summed E-state index contributed by atoms with van der Waals surface area (Å²) in [5.74, 6) is 0.608. The molecule has 2 N–H and O–H groups in total. The maximum Gasteiger partial charge on any atom is 0.155 e. The fourth-order valence-electron chi connectivity index (χ4n) is 3.67. The number of aromatic nitrogens is 6. The molecule has 5 rings (SSSR count). The molecule has 0 aliphatic heterocycles. The zero-order chi connectivity index (χ0) is 21.9. The molecule has 4 heterocycles. The largest absolute Gasteiger partial charge is 0.340 e. The van der Waals surface area contributed by atoms with Crippen molar-refractivity contribution in [2.45, 2.75) is 19.9 Å². The van der Waals surface area contributed by atoms with Gasteiger partial charge < -0.3 is 10.3 Å². The highest BCUT2D eigenvalue weighted by Crippen LogP contribution is 2.29. The van der Waals surface area contributed by atoms with Crippen LogP contribution in [0.4, 0.5) is 4.39 Å². The van der Waals surface area contributed by atoms with Gasteiger partial charge in [0.15, 0.2) is 5.65 Å². The second-order valence-electron chi connectivity index (χ2n) is 7.57. The molecule has 0 atom stereocenters. The van der Waals surface area contributed by atoms with Crippen molar-refractivity contribution in [2.24, 2.45) is 0 Å². The molecule has 32 heavy (non-hydrogen) atoms. The highest BCUT2D eigenvalue weighted by molar-refractivity contribution is 5.77. The fourth-order valence-corrected chi connectivity index (χ4v) is 3.67. The van der Waals surface area contributed by atoms with Gasteiger partial charge in [-0.2, -0.15) is 5.10 Å². The van der Waals surface area contributed by atoms with Gasteiger partial charge in [-0.3, -0.25) is 4.98 Å². The Labute approximate surface area is 184 Å². The number of halogens is 1. The molecule has 7 nitrogen and oxygen atoms in total. The first kappa shape index (κ1) is 20.0. The molecule has 1 aromatic carbocycles. The van der Waals surface area contributed by atoms with Crippen LogP contribution in [0.5, 0.6) is 0 Å². The van der Waals surface area contributed by atoms with Gasteiger partial charge in [-0.05, 0) is 55.8 Å². The number of rotatable bonds is 7. The maximum absolute atomic E-state index is 13.8. The molecule has 0 radical (unpaired) electrons. The fraction of sp³-hybridized carbons (Fsp3) is 0.167. The number of imidazole rings is 1. The van der Waals surface area contributed by atoms with Gasteiger partial charge in [0, 0.05) is 17.5 Å². The zero-order valence-corrected chi connectivity index (χ0v) is 17.6. The smallest absolute Gasteiger partial charge is 0.155 e. The van der Waals surface area contributed by atoms with Crippen LogP contribution in [-0.2, 0) is 13.0 Å². The quantitative estimate of drug-likeness (QED) is 0.384. The van der Waals surface area contributed by atoms with E-state index in [-0.39, 0.29) is 5.82 Å². The molecule has 0 unspecified atom stereocenters. The van der Waals surface area contributed by atoms with Crippen molar-refractivity contribution in [1.29, 1.82) is 0 Å². The molecule has 5 aromatic rings. The van der Waals surface area contributed by atoms with Crippen LogP contribution < -0.4 is 5.32 Å². The second-order valence-corrected chi connectivity index (χ2v) is 7.57. The Bertz CT molecular complexity index is 1370. The monoisotopic (exact) mass is 427 g/mol. The standard InChI is InChI=1S/C24H22FN7/c1-16-5-4-8-20(29-16)24-23(18-9-10-22-27-15-28-32(22)14-18)30-21(31-24)13-26-12-11-17-6-2-3-7-19(17)25/h2-10,14-15,26H,11-13H2,1H3,(H,30,31). The Morgan fingerprint density at radius 2 is 1.94 bits per heavy atom. The van der Waals surface area contributed by atoms with E-state index in [4.69, 9.17) is 4.98 Å². The average molecular weight is 427 g/mol. The average Bonchev–Trinajstić information content (AvgIpc) is 3.44. The van der Waals surface area contributed by atoms with E-state index in [1.165, 1.54) is 12.4 Å². The molecule has 0 saturated heterocycles. The molecule has 0 saturated carbocycles. The van der Waals surface area contributed by atoms with E-state index in [1.54, 1.807) is 10.6 Å². The molecule has 0 aliphatic rings. The van der Waals surface area contributed by atoms with Crippen LogP contribution in [0.2, 0.25) is 0 Å². The highest BCUT2D eigenvalue weighted by Gasteiger charge is 2.16. The van der Waals surface area contributed by atoms with Gasteiger partial charge in [0.2, 0.25) is 0 Å². The van der Waals surface area contributed by atoms with Crippen LogP contribution >= 0.6 is 0 Å². The summed E-state index contributed by atoms with van der Waals surface area (Å²) in [7, 11) is 0. The molecule has 0 spiro atoms. The van der Waals surface area contributed by atoms with Crippen molar-refractivity contribution in [3.05, 3.63) is 90.0 Å². The van der Waals surface area contributed by atoms with E-state index in [9.17, 15) is 4.39 Å². The topological polar surface area (TPSA) is 83.8 Å². The highest BCUT2D eigenvalue weighted by atomic mass is 19.1. The first-order chi connectivity index (χ1) is 15.7. The third-order valence-electron chi connectivity index (χ3n) is 5.27. The van der Waals surface area contributed by atoms with E-state index < -0.39 is 0 Å². The normalized spacial score (nSPS) is 11.3. The predicted octanol–water partition coefficient (Wildman–Crippen LogP) is 3.96. The van der Waals surface area contributed by atoms with Gasteiger partial charge in [0.1, 0.15) is 23.7 Å². The van der Waals surface area contributed by atoms with Crippen LogP contribution in [0.1, 0.15) is 17.1 Å². The van der Waals surface area contributed by atoms with Crippen molar-refractivity contribution >= 4 is 5.65 Å². The van der Waals surface area contributed by atoms with Crippen molar-refractivity contribution in [3.63, 3.8) is 0 Å². The van der Waals surface area contributed by atoms with Crippen LogP contribution in [-0.4, -0.2) is 36.1 Å². The van der Waals surface area contributed by atoms with Gasteiger partial charge in [-0.25, -0.2) is 18.9 Å². The van der Waals surface area contributed by atoms with Crippen LogP contribution in [0.3, 0.4) is 0 Å². The number of aromatic amines is 1. The minimum atomic E-state index is -0.175. The number of pyridine rings is 2. The molecule has 0 aliphatic carbocycles. The van der Waals surface area contributed by atoms with Gasteiger partial charge in [-0.1, -0.05) is 24.3 Å². The summed E-state index contributed by atoms with van der Waals surface area (Å²) in [6.45, 7) is 3.13. The van der Waals surface area contributed by atoms with E-state index in [0.717, 1.165) is 39.8 Å². The number of hydrogen-bond acceptors (Lipinski definition) is 5. The Kier molecular flexibility index (Phi) is 5.43.